The molecule has 19 heavy (non-hydrogen) atoms. The zero-order valence-electron chi connectivity index (χ0n) is 11.3. The van der Waals surface area contributed by atoms with Crippen LogP contribution in [0.4, 0.5) is 0 Å². The summed E-state index contributed by atoms with van der Waals surface area (Å²) < 4.78 is 1.09. The van der Waals surface area contributed by atoms with Crippen LogP contribution in [-0.2, 0) is 6.54 Å². The summed E-state index contributed by atoms with van der Waals surface area (Å²) >= 11 is 5.30. The Morgan fingerprint density at radius 2 is 2.16 bits per heavy atom. The van der Waals surface area contributed by atoms with Gasteiger partial charge in [-0.15, -0.1) is 24.0 Å². The van der Waals surface area contributed by atoms with Gasteiger partial charge in [0.2, 0.25) is 0 Å². The first kappa shape index (κ1) is 19.1. The van der Waals surface area contributed by atoms with Crippen LogP contribution < -0.4 is 10.6 Å². The van der Waals surface area contributed by atoms with Crippen LogP contribution >= 0.6 is 51.7 Å². The number of benzene rings is 1. The Kier molecular flexibility index (Phi) is 11.9. The largest absolute Gasteiger partial charge is 0.357 e. The smallest absolute Gasteiger partial charge is 0.191 e. The maximum Gasteiger partial charge on any atom is 0.191 e. The Bertz CT molecular complexity index is 388. The molecule has 3 nitrogen and oxygen atoms in total. The molecule has 0 radical (unpaired) electrons. The van der Waals surface area contributed by atoms with E-state index in [0.717, 1.165) is 29.3 Å². The van der Waals surface area contributed by atoms with Crippen molar-refractivity contribution >= 4 is 57.6 Å². The summed E-state index contributed by atoms with van der Waals surface area (Å²) in [5.41, 5.74) is 1.20. The lowest BCUT2D eigenvalue weighted by molar-refractivity contribution is 0.843. The predicted octanol–water partition coefficient (Wildman–Crippen LogP) is 3.49. The monoisotopic (exact) mass is 457 g/mol. The third-order valence-electron chi connectivity index (χ3n) is 2.25. The molecule has 0 aliphatic carbocycles. The van der Waals surface area contributed by atoms with Crippen LogP contribution in [0.2, 0.25) is 0 Å². The normalized spacial score (nSPS) is 10.8. The highest BCUT2D eigenvalue weighted by Gasteiger charge is 1.97. The fraction of sp³-hybridized carbons (Fsp3) is 0.462. The first-order valence-electron chi connectivity index (χ1n) is 6.01. The van der Waals surface area contributed by atoms with Gasteiger partial charge in [-0.05, 0) is 30.9 Å². The second-order valence-corrected chi connectivity index (χ2v) is 5.65. The Morgan fingerprint density at radius 3 is 2.79 bits per heavy atom. The molecule has 6 heteroatoms. The Morgan fingerprint density at radius 1 is 1.37 bits per heavy atom. The topological polar surface area (TPSA) is 36.4 Å². The second kappa shape index (κ2) is 11.8. The second-order valence-electron chi connectivity index (χ2n) is 3.74. The van der Waals surface area contributed by atoms with Crippen molar-refractivity contribution in [3.8, 4) is 0 Å². The third-order valence-corrected chi connectivity index (χ3v) is 3.36. The van der Waals surface area contributed by atoms with E-state index in [1.165, 1.54) is 5.56 Å². The van der Waals surface area contributed by atoms with Gasteiger partial charge < -0.3 is 10.6 Å². The molecule has 2 N–H and O–H groups in total. The van der Waals surface area contributed by atoms with Gasteiger partial charge >= 0.3 is 0 Å². The lowest BCUT2D eigenvalue weighted by Gasteiger charge is -2.10. The van der Waals surface area contributed by atoms with Crippen molar-refractivity contribution in [2.24, 2.45) is 4.99 Å². The molecule has 0 aliphatic rings. The average molecular weight is 458 g/mol. The lowest BCUT2D eigenvalue weighted by atomic mass is 10.2. The number of thioether (sulfide) groups is 1. The van der Waals surface area contributed by atoms with Crippen LogP contribution in [-0.4, -0.2) is 31.1 Å². The molecule has 0 amide bonds. The molecule has 1 rings (SSSR count). The van der Waals surface area contributed by atoms with E-state index >= 15 is 0 Å². The molecule has 0 heterocycles. The van der Waals surface area contributed by atoms with Gasteiger partial charge in [-0.1, -0.05) is 28.1 Å². The number of aliphatic imine (C=N–C) groups is 1. The van der Waals surface area contributed by atoms with E-state index in [9.17, 15) is 0 Å². The summed E-state index contributed by atoms with van der Waals surface area (Å²) in [7, 11) is 0. The number of nitrogens with one attached hydrogen (secondary N) is 2. The van der Waals surface area contributed by atoms with Crippen molar-refractivity contribution in [3.05, 3.63) is 34.3 Å². The van der Waals surface area contributed by atoms with E-state index < -0.39 is 0 Å². The molecule has 1 aromatic carbocycles. The summed E-state index contributed by atoms with van der Waals surface area (Å²) in [5, 5.41) is 6.56. The van der Waals surface area contributed by atoms with E-state index in [1.807, 2.05) is 23.9 Å². The maximum absolute atomic E-state index is 4.56. The number of hydrogen-bond donors (Lipinski definition) is 2. The minimum Gasteiger partial charge on any atom is -0.357 e. The summed E-state index contributed by atoms with van der Waals surface area (Å²) in [6, 6.07) is 8.23. The molecule has 0 saturated heterocycles. The van der Waals surface area contributed by atoms with E-state index in [-0.39, 0.29) is 24.0 Å². The number of guanidine groups is 1. The molecule has 1 aromatic rings. The Hall–Kier alpha value is 0.0500. The first-order chi connectivity index (χ1) is 8.76. The van der Waals surface area contributed by atoms with Crippen LogP contribution in [0.15, 0.2) is 33.7 Å². The lowest BCUT2D eigenvalue weighted by Crippen LogP contribution is -2.38. The summed E-state index contributed by atoms with van der Waals surface area (Å²) in [4.78, 5) is 4.56. The number of hydrogen-bond acceptors (Lipinski definition) is 2. The van der Waals surface area contributed by atoms with Crippen LogP contribution in [0.1, 0.15) is 12.5 Å². The summed E-state index contributed by atoms with van der Waals surface area (Å²) in [5.74, 6) is 1.97. The highest BCUT2D eigenvalue weighted by Crippen LogP contribution is 2.12. The van der Waals surface area contributed by atoms with Crippen LogP contribution in [0.3, 0.4) is 0 Å². The quantitative estimate of drug-likeness (QED) is 0.297. The minimum atomic E-state index is 0. The highest BCUT2D eigenvalue weighted by atomic mass is 127. The fourth-order valence-corrected chi connectivity index (χ4v) is 2.17. The van der Waals surface area contributed by atoms with Gasteiger partial charge in [0.15, 0.2) is 5.96 Å². The van der Waals surface area contributed by atoms with E-state index in [1.54, 1.807) is 0 Å². The fourth-order valence-electron chi connectivity index (χ4n) is 1.42. The van der Waals surface area contributed by atoms with Crippen molar-refractivity contribution in [1.29, 1.82) is 0 Å². The highest BCUT2D eigenvalue weighted by molar-refractivity contribution is 14.0. The molecule has 0 saturated carbocycles. The van der Waals surface area contributed by atoms with Gasteiger partial charge in [-0.2, -0.15) is 11.8 Å². The molecule has 0 fully saturated rings. The van der Waals surface area contributed by atoms with E-state index in [4.69, 9.17) is 0 Å². The average Bonchev–Trinajstić information content (AvgIpc) is 2.36. The number of rotatable bonds is 6. The van der Waals surface area contributed by atoms with Crippen molar-refractivity contribution in [1.82, 2.24) is 10.6 Å². The Labute approximate surface area is 145 Å². The third kappa shape index (κ3) is 8.75. The van der Waals surface area contributed by atoms with E-state index in [0.29, 0.717) is 6.54 Å². The first-order valence-corrected chi connectivity index (χ1v) is 8.20. The molecule has 0 bridgehead atoms. The van der Waals surface area contributed by atoms with Crippen LogP contribution in [0.5, 0.6) is 0 Å². The molecule has 0 unspecified atom stereocenters. The predicted molar refractivity (Wildman–Crippen MR) is 101 cm³/mol. The van der Waals surface area contributed by atoms with Gasteiger partial charge in [0.1, 0.15) is 0 Å². The number of halogens is 2. The van der Waals surface area contributed by atoms with Crippen LogP contribution in [0, 0.1) is 0 Å². The van der Waals surface area contributed by atoms with Crippen molar-refractivity contribution in [2.75, 3.05) is 25.1 Å². The molecule has 0 aliphatic heterocycles. The summed E-state index contributed by atoms with van der Waals surface area (Å²) in [6.45, 7) is 4.58. The van der Waals surface area contributed by atoms with Gasteiger partial charge in [0.05, 0.1) is 6.54 Å². The van der Waals surface area contributed by atoms with Gasteiger partial charge in [0.25, 0.3) is 0 Å². The van der Waals surface area contributed by atoms with Crippen molar-refractivity contribution < 1.29 is 0 Å². The molecular formula is C13H21BrIN3S. The standard InChI is InChI=1S/C13H20BrN3S.HI/c1-3-15-13(16-7-8-18-2)17-10-11-5-4-6-12(14)9-11;/h4-6,9H,3,7-8,10H2,1-2H3,(H2,15,16,17);1H. The van der Waals surface area contributed by atoms with E-state index in [2.05, 4.69) is 56.9 Å². The zero-order chi connectivity index (χ0) is 13.2. The van der Waals surface area contributed by atoms with Gasteiger partial charge in [-0.25, -0.2) is 4.99 Å². The molecular weight excluding hydrogens is 437 g/mol. The summed E-state index contributed by atoms with van der Waals surface area (Å²) in [6.07, 6.45) is 2.10. The zero-order valence-corrected chi connectivity index (χ0v) is 16.0. The SMILES string of the molecule is CCNC(=NCc1cccc(Br)c1)NCCSC.I. The van der Waals surface area contributed by atoms with Crippen molar-refractivity contribution in [2.45, 2.75) is 13.5 Å². The molecule has 0 spiro atoms. The minimum absolute atomic E-state index is 0. The Balaban J connectivity index is 0.00000324. The van der Waals surface area contributed by atoms with Crippen molar-refractivity contribution in [3.63, 3.8) is 0 Å². The maximum atomic E-state index is 4.56. The molecule has 0 aromatic heterocycles. The van der Waals surface area contributed by atoms with Gasteiger partial charge in [0, 0.05) is 23.3 Å². The molecule has 0 atom stereocenters. The van der Waals surface area contributed by atoms with Crippen LogP contribution in [0.25, 0.3) is 0 Å². The van der Waals surface area contributed by atoms with Gasteiger partial charge in [-0.3, -0.25) is 0 Å². The molecule has 108 valence electrons. The number of nitrogens with zero attached hydrogens (tertiary/aromatic N) is 1.